The van der Waals surface area contributed by atoms with Gasteiger partial charge in [-0.05, 0) is 53.2 Å². The van der Waals surface area contributed by atoms with Crippen molar-refractivity contribution in [3.05, 3.63) is 23.5 Å². The standard InChI is InChI=1S/C16H24N2O2/c1-12(20-16(3,4)5)8-9-14(11-17)13(2)18-10-6-7-15(18)19/h8-9,13H,6-7,10H2,1-5H3/b12-8+,14-9-. The summed E-state index contributed by atoms with van der Waals surface area (Å²) in [6, 6.07) is 2.01. The van der Waals surface area contributed by atoms with E-state index in [1.54, 1.807) is 17.1 Å². The molecule has 0 saturated carbocycles. The molecule has 20 heavy (non-hydrogen) atoms. The van der Waals surface area contributed by atoms with E-state index in [1.165, 1.54) is 0 Å². The molecule has 0 radical (unpaired) electrons. The maximum Gasteiger partial charge on any atom is 0.223 e. The molecule has 1 unspecified atom stereocenters. The van der Waals surface area contributed by atoms with Crippen molar-refractivity contribution >= 4 is 5.91 Å². The van der Waals surface area contributed by atoms with Gasteiger partial charge in [0.05, 0.1) is 23.4 Å². The molecule has 0 spiro atoms. The summed E-state index contributed by atoms with van der Waals surface area (Å²) in [6.07, 6.45) is 5.01. The topological polar surface area (TPSA) is 53.3 Å². The summed E-state index contributed by atoms with van der Waals surface area (Å²) >= 11 is 0. The molecular formula is C16H24N2O2. The van der Waals surface area contributed by atoms with Gasteiger partial charge in [-0.25, -0.2) is 0 Å². The highest BCUT2D eigenvalue weighted by atomic mass is 16.5. The molecule has 1 amide bonds. The van der Waals surface area contributed by atoms with Gasteiger partial charge in [0, 0.05) is 13.0 Å². The second-order valence-electron chi connectivity index (χ2n) is 6.09. The Morgan fingerprint density at radius 3 is 2.55 bits per heavy atom. The lowest BCUT2D eigenvalue weighted by Crippen LogP contribution is -2.35. The third-order valence-electron chi connectivity index (χ3n) is 3.12. The number of carbonyl (C=O) groups is 1. The van der Waals surface area contributed by atoms with Crippen LogP contribution in [-0.2, 0) is 9.53 Å². The van der Waals surface area contributed by atoms with Crippen LogP contribution in [0.25, 0.3) is 0 Å². The predicted molar refractivity (Wildman–Crippen MR) is 78.7 cm³/mol. The highest BCUT2D eigenvalue weighted by Gasteiger charge is 2.27. The first-order valence-electron chi connectivity index (χ1n) is 7.01. The molecule has 0 aromatic rings. The molecule has 0 aromatic carbocycles. The van der Waals surface area contributed by atoms with Crippen LogP contribution >= 0.6 is 0 Å². The van der Waals surface area contributed by atoms with E-state index in [-0.39, 0.29) is 17.6 Å². The van der Waals surface area contributed by atoms with E-state index in [0.717, 1.165) is 18.7 Å². The average molecular weight is 276 g/mol. The summed E-state index contributed by atoms with van der Waals surface area (Å²) in [7, 11) is 0. The molecule has 4 heteroatoms. The lowest BCUT2D eigenvalue weighted by atomic mass is 10.1. The molecule has 1 fully saturated rings. The quantitative estimate of drug-likeness (QED) is 0.450. The van der Waals surface area contributed by atoms with Gasteiger partial charge < -0.3 is 9.64 Å². The molecule has 1 atom stereocenters. The van der Waals surface area contributed by atoms with Crippen molar-refractivity contribution in [3.8, 4) is 6.07 Å². The van der Waals surface area contributed by atoms with Gasteiger partial charge >= 0.3 is 0 Å². The van der Waals surface area contributed by atoms with Gasteiger partial charge in [0.15, 0.2) is 0 Å². The van der Waals surface area contributed by atoms with Crippen LogP contribution in [0.4, 0.5) is 0 Å². The molecule has 110 valence electrons. The fraction of sp³-hybridized carbons (Fsp3) is 0.625. The van der Waals surface area contributed by atoms with E-state index in [1.807, 2.05) is 34.6 Å². The van der Waals surface area contributed by atoms with Crippen molar-refractivity contribution in [2.45, 2.75) is 59.1 Å². The minimum atomic E-state index is -0.252. The summed E-state index contributed by atoms with van der Waals surface area (Å²) in [5, 5.41) is 9.26. The van der Waals surface area contributed by atoms with Crippen LogP contribution in [0.5, 0.6) is 0 Å². The summed E-state index contributed by atoms with van der Waals surface area (Å²) in [4.78, 5) is 13.5. The molecule has 4 nitrogen and oxygen atoms in total. The monoisotopic (exact) mass is 276 g/mol. The summed E-state index contributed by atoms with van der Waals surface area (Å²) < 4.78 is 5.69. The third kappa shape index (κ3) is 4.73. The van der Waals surface area contributed by atoms with Gasteiger partial charge in [-0.2, -0.15) is 5.26 Å². The van der Waals surface area contributed by atoms with Crippen LogP contribution in [0.15, 0.2) is 23.5 Å². The van der Waals surface area contributed by atoms with Crippen molar-refractivity contribution in [3.63, 3.8) is 0 Å². The number of nitriles is 1. The van der Waals surface area contributed by atoms with Gasteiger partial charge in [0.2, 0.25) is 5.91 Å². The lowest BCUT2D eigenvalue weighted by molar-refractivity contribution is -0.128. The van der Waals surface area contributed by atoms with E-state index >= 15 is 0 Å². The van der Waals surface area contributed by atoms with Crippen LogP contribution in [0.3, 0.4) is 0 Å². The van der Waals surface area contributed by atoms with Crippen molar-refractivity contribution in [2.24, 2.45) is 0 Å². The van der Waals surface area contributed by atoms with Gasteiger partial charge in [0.1, 0.15) is 5.60 Å². The average Bonchev–Trinajstić information content (AvgIpc) is 2.73. The fourth-order valence-electron chi connectivity index (χ4n) is 2.24. The number of hydrogen-bond acceptors (Lipinski definition) is 3. The first-order valence-corrected chi connectivity index (χ1v) is 7.01. The van der Waals surface area contributed by atoms with Crippen molar-refractivity contribution in [1.82, 2.24) is 4.90 Å². The zero-order valence-corrected chi connectivity index (χ0v) is 13.1. The lowest BCUT2D eigenvalue weighted by Gasteiger charge is -2.24. The van der Waals surface area contributed by atoms with Crippen LogP contribution < -0.4 is 0 Å². The molecule has 1 rings (SSSR count). The van der Waals surface area contributed by atoms with E-state index in [0.29, 0.717) is 12.0 Å². The number of carbonyl (C=O) groups excluding carboxylic acids is 1. The Hall–Kier alpha value is -1.76. The van der Waals surface area contributed by atoms with Gasteiger partial charge in [-0.1, -0.05) is 0 Å². The number of ether oxygens (including phenoxy) is 1. The molecule has 1 heterocycles. The largest absolute Gasteiger partial charge is 0.493 e. The first-order chi connectivity index (χ1) is 9.24. The second-order valence-corrected chi connectivity index (χ2v) is 6.09. The Morgan fingerprint density at radius 2 is 2.10 bits per heavy atom. The zero-order chi connectivity index (χ0) is 15.3. The van der Waals surface area contributed by atoms with Gasteiger partial charge in [-0.15, -0.1) is 0 Å². The summed E-state index contributed by atoms with van der Waals surface area (Å²) in [5.74, 6) is 0.885. The maximum absolute atomic E-state index is 11.7. The highest BCUT2D eigenvalue weighted by molar-refractivity contribution is 5.79. The molecule has 1 aliphatic rings. The predicted octanol–water partition coefficient (Wildman–Crippen LogP) is 3.17. The van der Waals surface area contributed by atoms with Crippen molar-refractivity contribution in [2.75, 3.05) is 6.54 Å². The number of rotatable bonds is 4. The van der Waals surface area contributed by atoms with E-state index < -0.39 is 0 Å². The summed E-state index contributed by atoms with van der Waals surface area (Å²) in [6.45, 7) is 10.4. The van der Waals surface area contributed by atoms with E-state index in [4.69, 9.17) is 4.74 Å². The highest BCUT2D eigenvalue weighted by Crippen LogP contribution is 2.19. The van der Waals surface area contributed by atoms with Crippen LogP contribution in [0.2, 0.25) is 0 Å². The number of allylic oxidation sites excluding steroid dienone is 3. The normalized spacial score (nSPS) is 19.0. The number of hydrogen-bond donors (Lipinski definition) is 0. The Labute approximate surface area is 121 Å². The van der Waals surface area contributed by atoms with E-state index in [2.05, 4.69) is 6.07 Å². The molecule has 0 aliphatic carbocycles. The SMILES string of the molecule is C/C(=C\C=C(\C#N)C(C)N1CCCC1=O)OC(C)(C)C. The third-order valence-corrected chi connectivity index (χ3v) is 3.12. The zero-order valence-electron chi connectivity index (χ0n) is 13.1. The number of nitrogens with zero attached hydrogens (tertiary/aromatic N) is 2. The van der Waals surface area contributed by atoms with Gasteiger partial charge in [0.25, 0.3) is 0 Å². The smallest absolute Gasteiger partial charge is 0.223 e. The molecule has 0 N–H and O–H groups in total. The van der Waals surface area contributed by atoms with Crippen molar-refractivity contribution < 1.29 is 9.53 Å². The molecule has 1 aliphatic heterocycles. The Morgan fingerprint density at radius 1 is 1.45 bits per heavy atom. The number of likely N-dealkylation sites (tertiary alicyclic amines) is 1. The maximum atomic E-state index is 11.7. The minimum Gasteiger partial charge on any atom is -0.493 e. The molecular weight excluding hydrogens is 252 g/mol. The van der Waals surface area contributed by atoms with Crippen LogP contribution in [0.1, 0.15) is 47.5 Å². The summed E-state index contributed by atoms with van der Waals surface area (Å²) in [5.41, 5.74) is 0.328. The van der Waals surface area contributed by atoms with Gasteiger partial charge in [-0.3, -0.25) is 4.79 Å². The second kappa shape index (κ2) is 6.60. The van der Waals surface area contributed by atoms with Crippen molar-refractivity contribution in [1.29, 1.82) is 5.26 Å². The van der Waals surface area contributed by atoms with Crippen LogP contribution in [0, 0.1) is 11.3 Å². The van der Waals surface area contributed by atoms with Crippen LogP contribution in [-0.4, -0.2) is 29.0 Å². The fourth-order valence-corrected chi connectivity index (χ4v) is 2.24. The number of amides is 1. The molecule has 1 saturated heterocycles. The minimum absolute atomic E-state index is 0.130. The Balaban J connectivity index is 2.80. The molecule has 0 bridgehead atoms. The Bertz CT molecular complexity index is 464. The Kier molecular flexibility index (Phi) is 5.38. The molecule has 0 aromatic heterocycles. The first kappa shape index (κ1) is 16.3. The van der Waals surface area contributed by atoms with E-state index in [9.17, 15) is 10.1 Å².